The molecule has 0 aliphatic rings. The minimum atomic E-state index is -3.81. The van der Waals surface area contributed by atoms with Crippen LogP contribution in [0.4, 0.5) is 0 Å². The fourth-order valence-electron chi connectivity index (χ4n) is 1.81. The van der Waals surface area contributed by atoms with Gasteiger partial charge in [-0.15, -0.1) is 0 Å². The van der Waals surface area contributed by atoms with Gasteiger partial charge in [0.05, 0.1) is 4.90 Å². The average molecular weight is 333 g/mol. The number of sulfonamides is 1. The molecule has 0 heterocycles. The molecule has 0 radical (unpaired) electrons. The SMILES string of the molecule is CSCC(C)CNS(=O)(=O)c1cc(C(=O)O)c(O)cc1C. The Bertz CT molecular complexity index is 628. The largest absolute Gasteiger partial charge is 0.507 e. The standard InChI is InChI=1S/C13H19NO5S2/c1-8(7-20-3)6-14-21(18,19)12-5-10(13(16)17)11(15)4-9(12)2/h4-5,8,14-15H,6-7H2,1-3H3,(H,16,17). The van der Waals surface area contributed by atoms with Crippen molar-refractivity contribution in [1.82, 2.24) is 4.72 Å². The lowest BCUT2D eigenvalue weighted by atomic mass is 10.1. The van der Waals surface area contributed by atoms with Crippen molar-refractivity contribution in [3.8, 4) is 5.75 Å². The molecule has 1 unspecified atom stereocenters. The van der Waals surface area contributed by atoms with E-state index < -0.39 is 27.3 Å². The third-order valence-electron chi connectivity index (χ3n) is 2.89. The second kappa shape index (κ2) is 7.15. The number of rotatable bonds is 7. The molecule has 0 bridgehead atoms. The molecule has 0 saturated carbocycles. The van der Waals surface area contributed by atoms with Crippen molar-refractivity contribution >= 4 is 27.8 Å². The molecule has 6 nitrogen and oxygen atoms in total. The summed E-state index contributed by atoms with van der Waals surface area (Å²) in [4.78, 5) is 10.9. The number of carbonyl (C=O) groups is 1. The van der Waals surface area contributed by atoms with Gasteiger partial charge in [0.15, 0.2) is 0 Å². The molecule has 0 aromatic heterocycles. The highest BCUT2D eigenvalue weighted by atomic mass is 32.2. The van der Waals surface area contributed by atoms with E-state index in [0.29, 0.717) is 5.56 Å². The number of phenols is 1. The summed E-state index contributed by atoms with van der Waals surface area (Å²) in [6.07, 6.45) is 1.94. The molecule has 21 heavy (non-hydrogen) atoms. The van der Waals surface area contributed by atoms with E-state index in [-0.39, 0.29) is 17.4 Å². The highest BCUT2D eigenvalue weighted by Gasteiger charge is 2.22. The molecule has 0 saturated heterocycles. The van der Waals surface area contributed by atoms with E-state index in [2.05, 4.69) is 4.72 Å². The van der Waals surface area contributed by atoms with Crippen LogP contribution in [0.5, 0.6) is 5.75 Å². The zero-order valence-electron chi connectivity index (χ0n) is 12.1. The van der Waals surface area contributed by atoms with Gasteiger partial charge >= 0.3 is 5.97 Å². The maximum absolute atomic E-state index is 12.3. The first-order valence-corrected chi connectivity index (χ1v) is 9.12. The Balaban J connectivity index is 3.08. The van der Waals surface area contributed by atoms with Crippen molar-refractivity contribution in [3.05, 3.63) is 23.3 Å². The summed E-state index contributed by atoms with van der Waals surface area (Å²) in [5, 5.41) is 18.5. The molecule has 0 fully saturated rings. The molecule has 0 spiro atoms. The number of aromatic hydroxyl groups is 1. The van der Waals surface area contributed by atoms with Crippen LogP contribution in [-0.2, 0) is 10.0 Å². The second-order valence-corrected chi connectivity index (χ2v) is 7.50. The van der Waals surface area contributed by atoms with Crippen molar-refractivity contribution in [2.75, 3.05) is 18.6 Å². The number of nitrogens with one attached hydrogen (secondary N) is 1. The van der Waals surface area contributed by atoms with Crippen molar-refractivity contribution < 1.29 is 23.4 Å². The Morgan fingerprint density at radius 3 is 2.57 bits per heavy atom. The summed E-state index contributed by atoms with van der Waals surface area (Å²) in [5.74, 6) is -0.849. The Labute approximate surface area is 128 Å². The molecule has 0 aliphatic heterocycles. The van der Waals surface area contributed by atoms with Crippen LogP contribution in [0.3, 0.4) is 0 Å². The lowest BCUT2D eigenvalue weighted by Crippen LogP contribution is -2.30. The summed E-state index contributed by atoms with van der Waals surface area (Å²) in [6, 6.07) is 2.12. The predicted octanol–water partition coefficient (Wildman–Crippen LogP) is 1.68. The normalized spacial score (nSPS) is 13.1. The number of aromatic carboxylic acids is 1. The van der Waals surface area contributed by atoms with Crippen LogP contribution in [-0.4, -0.2) is 43.2 Å². The third-order valence-corrected chi connectivity index (χ3v) is 5.35. The van der Waals surface area contributed by atoms with Crippen molar-refractivity contribution in [2.45, 2.75) is 18.7 Å². The Morgan fingerprint density at radius 2 is 2.05 bits per heavy atom. The highest BCUT2D eigenvalue weighted by molar-refractivity contribution is 7.98. The Morgan fingerprint density at radius 1 is 1.43 bits per heavy atom. The van der Waals surface area contributed by atoms with E-state index in [9.17, 15) is 18.3 Å². The van der Waals surface area contributed by atoms with Crippen molar-refractivity contribution in [1.29, 1.82) is 0 Å². The molecule has 3 N–H and O–H groups in total. The molecular weight excluding hydrogens is 314 g/mol. The molecule has 1 aromatic rings. The van der Waals surface area contributed by atoms with Gasteiger partial charge in [0, 0.05) is 6.54 Å². The van der Waals surface area contributed by atoms with Crippen LogP contribution in [0.2, 0.25) is 0 Å². The molecule has 0 aliphatic carbocycles. The van der Waals surface area contributed by atoms with Gasteiger partial charge in [0.2, 0.25) is 10.0 Å². The van der Waals surface area contributed by atoms with Gasteiger partial charge in [-0.1, -0.05) is 6.92 Å². The number of hydrogen-bond donors (Lipinski definition) is 3. The zero-order chi connectivity index (χ0) is 16.2. The maximum atomic E-state index is 12.3. The minimum Gasteiger partial charge on any atom is -0.507 e. The van der Waals surface area contributed by atoms with E-state index in [0.717, 1.165) is 17.9 Å². The van der Waals surface area contributed by atoms with Gasteiger partial charge in [0.25, 0.3) is 0 Å². The van der Waals surface area contributed by atoms with Gasteiger partial charge < -0.3 is 10.2 Å². The quantitative estimate of drug-likeness (QED) is 0.701. The first-order valence-electron chi connectivity index (χ1n) is 6.24. The fraction of sp³-hybridized carbons (Fsp3) is 0.462. The van der Waals surface area contributed by atoms with Gasteiger partial charge in [-0.2, -0.15) is 11.8 Å². The van der Waals surface area contributed by atoms with Gasteiger partial charge in [0.1, 0.15) is 11.3 Å². The number of carboxylic acids is 1. The summed E-state index contributed by atoms with van der Waals surface area (Å²) >= 11 is 1.62. The molecule has 0 amide bonds. The van der Waals surface area contributed by atoms with E-state index in [4.69, 9.17) is 5.11 Å². The Kier molecular flexibility index (Phi) is 6.06. The highest BCUT2D eigenvalue weighted by Crippen LogP contribution is 2.25. The second-order valence-electron chi connectivity index (χ2n) is 4.85. The number of benzene rings is 1. The van der Waals surface area contributed by atoms with Crippen LogP contribution in [0, 0.1) is 12.8 Å². The van der Waals surface area contributed by atoms with E-state index >= 15 is 0 Å². The van der Waals surface area contributed by atoms with Crippen LogP contribution >= 0.6 is 11.8 Å². The summed E-state index contributed by atoms with van der Waals surface area (Å²) in [5.41, 5.74) is -0.138. The van der Waals surface area contributed by atoms with Crippen molar-refractivity contribution in [2.24, 2.45) is 5.92 Å². The zero-order valence-corrected chi connectivity index (χ0v) is 13.7. The lowest BCUT2D eigenvalue weighted by Gasteiger charge is -2.14. The third kappa shape index (κ3) is 4.62. The number of carboxylic acid groups (broad SMARTS) is 1. The first-order chi connectivity index (χ1) is 9.69. The van der Waals surface area contributed by atoms with Crippen LogP contribution in [0.1, 0.15) is 22.8 Å². The first kappa shape index (κ1) is 17.8. The summed E-state index contributed by atoms with van der Waals surface area (Å²) < 4.78 is 27.0. The smallest absolute Gasteiger partial charge is 0.339 e. The van der Waals surface area contributed by atoms with Crippen LogP contribution < -0.4 is 4.72 Å². The number of aryl methyl sites for hydroxylation is 1. The van der Waals surface area contributed by atoms with Crippen LogP contribution in [0.25, 0.3) is 0 Å². The monoisotopic (exact) mass is 333 g/mol. The molecule has 118 valence electrons. The molecule has 1 aromatic carbocycles. The average Bonchev–Trinajstić information content (AvgIpc) is 2.36. The van der Waals surface area contributed by atoms with E-state index in [1.165, 1.54) is 6.92 Å². The molecular formula is C13H19NO5S2. The van der Waals surface area contributed by atoms with Crippen molar-refractivity contribution in [3.63, 3.8) is 0 Å². The number of thioether (sulfide) groups is 1. The molecule has 1 rings (SSSR count). The molecule has 8 heteroatoms. The van der Waals surface area contributed by atoms with E-state index in [1.54, 1.807) is 11.8 Å². The fourth-order valence-corrected chi connectivity index (χ4v) is 3.91. The Hall–Kier alpha value is -1.25. The number of hydrogen-bond acceptors (Lipinski definition) is 5. The minimum absolute atomic E-state index is 0.131. The topological polar surface area (TPSA) is 104 Å². The van der Waals surface area contributed by atoms with Gasteiger partial charge in [-0.05, 0) is 42.5 Å². The summed E-state index contributed by atoms with van der Waals surface area (Å²) in [7, 11) is -3.81. The van der Waals surface area contributed by atoms with Crippen LogP contribution in [0.15, 0.2) is 17.0 Å². The maximum Gasteiger partial charge on any atom is 0.339 e. The molecule has 1 atom stereocenters. The predicted molar refractivity (Wildman–Crippen MR) is 82.5 cm³/mol. The van der Waals surface area contributed by atoms with E-state index in [1.807, 2.05) is 13.2 Å². The lowest BCUT2D eigenvalue weighted by molar-refractivity contribution is 0.0693. The van der Waals surface area contributed by atoms with Gasteiger partial charge in [-0.25, -0.2) is 17.9 Å². The van der Waals surface area contributed by atoms with Gasteiger partial charge in [-0.3, -0.25) is 0 Å². The summed E-state index contributed by atoms with van der Waals surface area (Å²) in [6.45, 7) is 3.70.